The van der Waals surface area contributed by atoms with E-state index in [0.717, 1.165) is 16.7 Å². The molecule has 5 rings (SSSR count). The van der Waals surface area contributed by atoms with Crippen LogP contribution in [0.25, 0.3) is 43.6 Å². The number of para-hydroxylation sites is 1. The van der Waals surface area contributed by atoms with Gasteiger partial charge in [-0.1, -0.05) is 48.5 Å². The summed E-state index contributed by atoms with van der Waals surface area (Å²) in [5, 5.41) is 6.15. The molecule has 2 aromatic heterocycles. The molecule has 3 aromatic carbocycles. The number of nitrogens with zero attached hydrogens (tertiary/aromatic N) is 1. The number of aromatic nitrogens is 2. The third-order valence-electron chi connectivity index (χ3n) is 4.19. The van der Waals surface area contributed by atoms with Crippen LogP contribution in [0, 0.1) is 0 Å². The monoisotopic (exact) mass is 268 g/mol. The molecule has 21 heavy (non-hydrogen) atoms. The van der Waals surface area contributed by atoms with Crippen LogP contribution in [0.1, 0.15) is 0 Å². The van der Waals surface area contributed by atoms with Gasteiger partial charge in [-0.15, -0.1) is 0 Å². The van der Waals surface area contributed by atoms with Gasteiger partial charge in [0.05, 0.1) is 5.52 Å². The van der Waals surface area contributed by atoms with E-state index in [9.17, 15) is 0 Å². The third kappa shape index (κ3) is 1.44. The van der Waals surface area contributed by atoms with E-state index in [1.54, 1.807) is 0 Å². The van der Waals surface area contributed by atoms with Crippen LogP contribution in [-0.2, 0) is 0 Å². The van der Waals surface area contributed by atoms with Crippen molar-refractivity contribution in [3.63, 3.8) is 0 Å². The van der Waals surface area contributed by atoms with Crippen molar-refractivity contribution in [1.29, 1.82) is 0 Å². The minimum atomic E-state index is 0.957. The highest BCUT2D eigenvalue weighted by Gasteiger charge is 2.08. The molecule has 0 saturated heterocycles. The zero-order chi connectivity index (χ0) is 13.8. The van der Waals surface area contributed by atoms with Crippen LogP contribution in [0.3, 0.4) is 0 Å². The van der Waals surface area contributed by atoms with Gasteiger partial charge < -0.3 is 4.98 Å². The fourth-order valence-corrected chi connectivity index (χ4v) is 3.18. The van der Waals surface area contributed by atoms with Gasteiger partial charge >= 0.3 is 0 Å². The van der Waals surface area contributed by atoms with E-state index in [0.29, 0.717) is 0 Å². The third-order valence-corrected chi connectivity index (χ3v) is 4.19. The summed E-state index contributed by atoms with van der Waals surface area (Å²) in [7, 11) is 0. The van der Waals surface area contributed by atoms with Crippen molar-refractivity contribution in [2.24, 2.45) is 0 Å². The summed E-state index contributed by atoms with van der Waals surface area (Å²) >= 11 is 0. The summed E-state index contributed by atoms with van der Waals surface area (Å²) in [5.74, 6) is 0. The van der Waals surface area contributed by atoms with Crippen molar-refractivity contribution in [3.05, 3.63) is 66.7 Å². The van der Waals surface area contributed by atoms with E-state index in [1.807, 2.05) is 6.07 Å². The molecule has 2 nitrogen and oxygen atoms in total. The number of hydrogen-bond acceptors (Lipinski definition) is 1. The van der Waals surface area contributed by atoms with Crippen LogP contribution in [0.4, 0.5) is 0 Å². The molecule has 5 aromatic rings. The molecule has 0 aliphatic heterocycles. The zero-order valence-corrected chi connectivity index (χ0v) is 11.3. The van der Waals surface area contributed by atoms with E-state index in [4.69, 9.17) is 4.98 Å². The molecule has 1 N–H and O–H groups in total. The molecule has 0 saturated carbocycles. The predicted molar refractivity (Wildman–Crippen MR) is 88.6 cm³/mol. The number of pyridine rings is 1. The Labute approximate surface area is 121 Å². The Morgan fingerprint density at radius 2 is 1.48 bits per heavy atom. The van der Waals surface area contributed by atoms with E-state index < -0.39 is 0 Å². The first-order valence-corrected chi connectivity index (χ1v) is 7.09. The molecule has 0 bridgehead atoms. The van der Waals surface area contributed by atoms with Gasteiger partial charge in [0.15, 0.2) is 0 Å². The lowest BCUT2D eigenvalue weighted by molar-refractivity contribution is 1.41. The normalized spacial score (nSPS) is 11.8. The molecule has 0 atom stereocenters. The Balaban J connectivity index is 2.06. The van der Waals surface area contributed by atoms with Crippen LogP contribution in [-0.4, -0.2) is 9.97 Å². The Kier molecular flexibility index (Phi) is 1.98. The van der Waals surface area contributed by atoms with Gasteiger partial charge in [-0.25, -0.2) is 4.98 Å². The number of rotatable bonds is 0. The topological polar surface area (TPSA) is 28.7 Å². The molecule has 0 fully saturated rings. The number of benzene rings is 3. The van der Waals surface area contributed by atoms with Gasteiger partial charge in [-0.2, -0.15) is 0 Å². The number of aromatic amines is 1. The number of fused-ring (bicyclic) bond motifs is 6. The first-order chi connectivity index (χ1) is 10.4. The number of hydrogen-bond donors (Lipinski definition) is 1. The quantitative estimate of drug-likeness (QED) is 0.392. The summed E-state index contributed by atoms with van der Waals surface area (Å²) in [4.78, 5) is 8.22. The first kappa shape index (κ1) is 10.9. The maximum atomic E-state index is 4.81. The predicted octanol–water partition coefficient (Wildman–Crippen LogP) is 5.02. The van der Waals surface area contributed by atoms with Crippen molar-refractivity contribution in [2.75, 3.05) is 0 Å². The molecule has 0 spiro atoms. The van der Waals surface area contributed by atoms with E-state index >= 15 is 0 Å². The maximum absolute atomic E-state index is 4.81. The molecule has 0 aliphatic rings. The molecule has 0 radical (unpaired) electrons. The average Bonchev–Trinajstić information content (AvgIpc) is 2.90. The van der Waals surface area contributed by atoms with Crippen LogP contribution >= 0.6 is 0 Å². The molecule has 98 valence electrons. The second-order valence-corrected chi connectivity index (χ2v) is 5.41. The van der Waals surface area contributed by atoms with Gasteiger partial charge in [-0.05, 0) is 29.0 Å². The van der Waals surface area contributed by atoms with Crippen molar-refractivity contribution < 1.29 is 0 Å². The van der Waals surface area contributed by atoms with Gasteiger partial charge in [0.2, 0.25) is 0 Å². The average molecular weight is 268 g/mol. The molecule has 2 heteroatoms. The molecule has 2 heterocycles. The van der Waals surface area contributed by atoms with Crippen molar-refractivity contribution >= 4 is 43.6 Å². The lowest BCUT2D eigenvalue weighted by atomic mass is 10.0. The van der Waals surface area contributed by atoms with Crippen LogP contribution in [0.15, 0.2) is 66.7 Å². The molecule has 0 aliphatic carbocycles. The van der Waals surface area contributed by atoms with E-state index in [1.165, 1.54) is 26.9 Å². The number of nitrogens with one attached hydrogen (secondary N) is 1. The Morgan fingerprint density at radius 1 is 0.667 bits per heavy atom. The second-order valence-electron chi connectivity index (χ2n) is 5.41. The van der Waals surface area contributed by atoms with Crippen LogP contribution < -0.4 is 0 Å². The first-order valence-electron chi connectivity index (χ1n) is 7.09. The SMILES string of the molecule is c1ccc2c(c1)ccc1nc3[nH]c4ccccc4c3cc12. The van der Waals surface area contributed by atoms with Crippen molar-refractivity contribution in [2.45, 2.75) is 0 Å². The summed E-state index contributed by atoms with van der Waals surface area (Å²) < 4.78 is 0. The van der Waals surface area contributed by atoms with Gasteiger partial charge in [0.1, 0.15) is 5.65 Å². The second kappa shape index (κ2) is 3.83. The Morgan fingerprint density at radius 3 is 2.43 bits per heavy atom. The molecular weight excluding hydrogens is 256 g/mol. The summed E-state index contributed by atoms with van der Waals surface area (Å²) in [5.41, 5.74) is 3.13. The van der Waals surface area contributed by atoms with Crippen molar-refractivity contribution in [3.8, 4) is 0 Å². The lowest BCUT2D eigenvalue weighted by Crippen LogP contribution is -1.82. The minimum Gasteiger partial charge on any atom is -0.339 e. The van der Waals surface area contributed by atoms with Gasteiger partial charge in [0, 0.05) is 21.7 Å². The molecule has 0 amide bonds. The Hall–Kier alpha value is -2.87. The van der Waals surface area contributed by atoms with E-state index in [-0.39, 0.29) is 0 Å². The molecule has 0 unspecified atom stereocenters. The summed E-state index contributed by atoms with van der Waals surface area (Å²) in [6.07, 6.45) is 0. The van der Waals surface area contributed by atoms with Gasteiger partial charge in [0.25, 0.3) is 0 Å². The standard InChI is InChI=1S/C19H12N2/c1-2-6-13-12(5-1)9-10-18-15(13)11-16-14-7-3-4-8-17(14)20-19(16)21-18/h1-11H,(H,20,21). The zero-order valence-electron chi connectivity index (χ0n) is 11.3. The lowest BCUT2D eigenvalue weighted by Gasteiger charge is -2.03. The summed E-state index contributed by atoms with van der Waals surface area (Å²) in [6.45, 7) is 0. The largest absolute Gasteiger partial charge is 0.339 e. The van der Waals surface area contributed by atoms with E-state index in [2.05, 4.69) is 65.6 Å². The van der Waals surface area contributed by atoms with Crippen LogP contribution in [0.5, 0.6) is 0 Å². The Bertz CT molecular complexity index is 1130. The fourth-order valence-electron chi connectivity index (χ4n) is 3.18. The minimum absolute atomic E-state index is 0.957. The van der Waals surface area contributed by atoms with Crippen molar-refractivity contribution in [1.82, 2.24) is 9.97 Å². The van der Waals surface area contributed by atoms with Crippen LogP contribution in [0.2, 0.25) is 0 Å². The number of H-pyrrole nitrogens is 1. The fraction of sp³-hybridized carbons (Fsp3) is 0. The maximum Gasteiger partial charge on any atom is 0.139 e. The highest BCUT2D eigenvalue weighted by molar-refractivity contribution is 6.14. The molecular formula is C19H12N2. The smallest absolute Gasteiger partial charge is 0.139 e. The highest BCUT2D eigenvalue weighted by Crippen LogP contribution is 2.30. The summed E-state index contributed by atoms with van der Waals surface area (Å²) in [6, 6.07) is 23.3. The highest BCUT2D eigenvalue weighted by atomic mass is 14.9. The van der Waals surface area contributed by atoms with Gasteiger partial charge in [-0.3, -0.25) is 0 Å².